The van der Waals surface area contributed by atoms with Crippen LogP contribution in [0, 0.1) is 5.92 Å². The molecule has 0 saturated heterocycles. The highest BCUT2D eigenvalue weighted by Crippen LogP contribution is 2.30. The summed E-state index contributed by atoms with van der Waals surface area (Å²) < 4.78 is 37.9. The monoisotopic (exact) mass is 303 g/mol. The van der Waals surface area contributed by atoms with E-state index in [1.807, 2.05) is 6.92 Å². The maximum atomic E-state index is 12.6. The molecule has 0 spiro atoms. The van der Waals surface area contributed by atoms with Crippen molar-refractivity contribution in [3.8, 4) is 0 Å². The molecule has 2 atom stereocenters. The summed E-state index contributed by atoms with van der Waals surface area (Å²) in [6.45, 7) is 6.55. The van der Waals surface area contributed by atoms with Gasteiger partial charge < -0.3 is 10.4 Å². The van der Waals surface area contributed by atoms with Gasteiger partial charge in [-0.1, -0.05) is 26.0 Å². The molecule has 0 radical (unpaired) electrons. The lowest BCUT2D eigenvalue weighted by Crippen LogP contribution is -2.30. The first-order valence-corrected chi connectivity index (χ1v) is 7.28. The van der Waals surface area contributed by atoms with Crippen molar-refractivity contribution in [3.63, 3.8) is 0 Å². The molecule has 0 aliphatic heterocycles. The summed E-state index contributed by atoms with van der Waals surface area (Å²) in [6.07, 6.45) is -3.26. The molecule has 1 aromatic rings. The fourth-order valence-electron chi connectivity index (χ4n) is 2.04. The van der Waals surface area contributed by atoms with Crippen molar-refractivity contribution in [1.29, 1.82) is 0 Å². The molecule has 0 aliphatic rings. The van der Waals surface area contributed by atoms with Gasteiger partial charge in [-0.05, 0) is 43.4 Å². The SMILES string of the molecule is CC(C)CCC(C)NCC(O)c1cccc(C(F)(F)F)c1. The average molecular weight is 303 g/mol. The van der Waals surface area contributed by atoms with Gasteiger partial charge in [0.2, 0.25) is 0 Å². The van der Waals surface area contributed by atoms with Crippen molar-refractivity contribution in [2.45, 2.75) is 51.9 Å². The summed E-state index contributed by atoms with van der Waals surface area (Å²) in [5.74, 6) is 0.614. The molecule has 1 aromatic carbocycles. The van der Waals surface area contributed by atoms with Crippen molar-refractivity contribution >= 4 is 0 Å². The summed E-state index contributed by atoms with van der Waals surface area (Å²) in [4.78, 5) is 0. The van der Waals surface area contributed by atoms with Crippen LogP contribution in [0.25, 0.3) is 0 Å². The van der Waals surface area contributed by atoms with Gasteiger partial charge in [-0.2, -0.15) is 13.2 Å². The van der Waals surface area contributed by atoms with Crippen molar-refractivity contribution in [3.05, 3.63) is 35.4 Å². The molecule has 120 valence electrons. The Kier molecular flexibility index (Phi) is 6.68. The lowest BCUT2D eigenvalue weighted by atomic mass is 10.0. The molecule has 5 heteroatoms. The number of rotatable bonds is 7. The van der Waals surface area contributed by atoms with E-state index in [0.29, 0.717) is 5.92 Å². The zero-order valence-electron chi connectivity index (χ0n) is 12.7. The van der Waals surface area contributed by atoms with Crippen LogP contribution < -0.4 is 5.32 Å². The van der Waals surface area contributed by atoms with Gasteiger partial charge in [-0.15, -0.1) is 0 Å². The Hall–Kier alpha value is -1.07. The van der Waals surface area contributed by atoms with E-state index in [0.717, 1.165) is 25.0 Å². The number of halogens is 3. The Bertz CT molecular complexity index is 432. The van der Waals surface area contributed by atoms with Crippen LogP contribution in [-0.4, -0.2) is 17.7 Å². The minimum Gasteiger partial charge on any atom is -0.387 e. The number of aliphatic hydroxyl groups excluding tert-OH is 1. The average Bonchev–Trinajstić information content (AvgIpc) is 2.41. The van der Waals surface area contributed by atoms with Crippen LogP contribution in [0.15, 0.2) is 24.3 Å². The van der Waals surface area contributed by atoms with E-state index in [4.69, 9.17) is 0 Å². The molecular formula is C16H24F3NO. The first-order valence-electron chi connectivity index (χ1n) is 7.28. The Balaban J connectivity index is 2.54. The standard InChI is InChI=1S/C16H24F3NO/c1-11(2)7-8-12(3)20-10-15(21)13-5-4-6-14(9-13)16(17,18)19/h4-6,9,11-12,15,20-21H,7-8,10H2,1-3H3. The minimum atomic E-state index is -4.38. The number of hydrogen-bond donors (Lipinski definition) is 2. The largest absolute Gasteiger partial charge is 0.416 e. The molecule has 21 heavy (non-hydrogen) atoms. The molecule has 0 aliphatic carbocycles. The van der Waals surface area contributed by atoms with E-state index in [1.165, 1.54) is 12.1 Å². The fraction of sp³-hybridized carbons (Fsp3) is 0.625. The van der Waals surface area contributed by atoms with Crippen LogP contribution in [-0.2, 0) is 6.18 Å². The van der Waals surface area contributed by atoms with Crippen LogP contribution in [0.4, 0.5) is 13.2 Å². The van der Waals surface area contributed by atoms with E-state index >= 15 is 0 Å². The van der Waals surface area contributed by atoms with Crippen LogP contribution in [0.2, 0.25) is 0 Å². The summed E-state index contributed by atoms with van der Waals surface area (Å²) in [6, 6.07) is 5.08. The van der Waals surface area contributed by atoms with Crippen LogP contribution in [0.5, 0.6) is 0 Å². The Morgan fingerprint density at radius 1 is 1.14 bits per heavy atom. The molecule has 0 amide bonds. The molecule has 2 nitrogen and oxygen atoms in total. The molecule has 2 N–H and O–H groups in total. The van der Waals surface area contributed by atoms with Crippen molar-refractivity contribution < 1.29 is 18.3 Å². The van der Waals surface area contributed by atoms with Crippen LogP contribution in [0.3, 0.4) is 0 Å². The third-order valence-corrected chi connectivity index (χ3v) is 3.44. The molecule has 0 fully saturated rings. The predicted octanol–water partition coefficient (Wildman–Crippen LogP) is 4.15. The van der Waals surface area contributed by atoms with Gasteiger partial charge in [-0.3, -0.25) is 0 Å². The lowest BCUT2D eigenvalue weighted by Gasteiger charge is -2.19. The number of alkyl halides is 3. The Morgan fingerprint density at radius 2 is 1.81 bits per heavy atom. The third-order valence-electron chi connectivity index (χ3n) is 3.44. The maximum Gasteiger partial charge on any atom is 0.416 e. The van der Waals surface area contributed by atoms with Crippen LogP contribution in [0.1, 0.15) is 50.8 Å². The topological polar surface area (TPSA) is 32.3 Å². The summed E-state index contributed by atoms with van der Waals surface area (Å²) in [5.41, 5.74) is -0.444. The smallest absolute Gasteiger partial charge is 0.387 e. The molecule has 0 aromatic heterocycles. The molecule has 1 rings (SSSR count). The zero-order valence-corrected chi connectivity index (χ0v) is 12.7. The first kappa shape index (κ1) is 18.0. The Morgan fingerprint density at radius 3 is 2.38 bits per heavy atom. The molecule has 0 saturated carbocycles. The number of hydrogen-bond acceptors (Lipinski definition) is 2. The quantitative estimate of drug-likeness (QED) is 0.793. The predicted molar refractivity (Wildman–Crippen MR) is 77.9 cm³/mol. The fourth-order valence-corrected chi connectivity index (χ4v) is 2.04. The second kappa shape index (κ2) is 7.80. The minimum absolute atomic E-state index is 0.229. The summed E-state index contributed by atoms with van der Waals surface area (Å²) >= 11 is 0. The highest BCUT2D eigenvalue weighted by Gasteiger charge is 2.30. The summed E-state index contributed by atoms with van der Waals surface area (Å²) in [5, 5.41) is 13.2. The van der Waals surface area contributed by atoms with Gasteiger partial charge in [0.05, 0.1) is 11.7 Å². The van der Waals surface area contributed by atoms with Crippen molar-refractivity contribution in [1.82, 2.24) is 5.32 Å². The molecule has 0 bridgehead atoms. The second-order valence-electron chi connectivity index (χ2n) is 5.92. The second-order valence-corrected chi connectivity index (χ2v) is 5.92. The third kappa shape index (κ3) is 6.48. The number of aliphatic hydroxyl groups is 1. The van der Waals surface area contributed by atoms with Crippen molar-refractivity contribution in [2.24, 2.45) is 5.92 Å². The molecule has 2 unspecified atom stereocenters. The summed E-state index contributed by atoms with van der Waals surface area (Å²) in [7, 11) is 0. The van der Waals surface area contributed by atoms with Gasteiger partial charge in [-0.25, -0.2) is 0 Å². The van der Waals surface area contributed by atoms with Crippen LogP contribution >= 0.6 is 0 Å². The molecule has 0 heterocycles. The highest BCUT2D eigenvalue weighted by atomic mass is 19.4. The normalized spacial score (nSPS) is 15.2. The van der Waals surface area contributed by atoms with Gasteiger partial charge in [0, 0.05) is 12.6 Å². The van der Waals surface area contributed by atoms with E-state index < -0.39 is 17.8 Å². The lowest BCUT2D eigenvalue weighted by molar-refractivity contribution is -0.137. The molecular weight excluding hydrogens is 279 g/mol. The number of nitrogens with one attached hydrogen (secondary N) is 1. The van der Waals surface area contributed by atoms with E-state index in [2.05, 4.69) is 19.2 Å². The number of benzene rings is 1. The van der Waals surface area contributed by atoms with E-state index in [9.17, 15) is 18.3 Å². The van der Waals surface area contributed by atoms with E-state index in [1.54, 1.807) is 0 Å². The Labute approximate surface area is 124 Å². The zero-order chi connectivity index (χ0) is 16.0. The van der Waals surface area contributed by atoms with E-state index in [-0.39, 0.29) is 18.2 Å². The first-order chi connectivity index (χ1) is 9.70. The highest BCUT2D eigenvalue weighted by molar-refractivity contribution is 5.27. The van der Waals surface area contributed by atoms with Gasteiger partial charge in [0.25, 0.3) is 0 Å². The van der Waals surface area contributed by atoms with Crippen molar-refractivity contribution in [2.75, 3.05) is 6.54 Å². The van der Waals surface area contributed by atoms with Gasteiger partial charge in [0.1, 0.15) is 0 Å². The van der Waals surface area contributed by atoms with Gasteiger partial charge in [0.15, 0.2) is 0 Å². The maximum absolute atomic E-state index is 12.6. The van der Waals surface area contributed by atoms with Gasteiger partial charge >= 0.3 is 6.18 Å².